The van der Waals surface area contributed by atoms with Crippen molar-refractivity contribution < 1.29 is 19.0 Å². The first-order chi connectivity index (χ1) is 15.7. The second-order valence-electron chi connectivity index (χ2n) is 7.03. The zero-order chi connectivity index (χ0) is 22.8. The molecular formula is C24H30N2O4S2. The quantitative estimate of drug-likeness (QED) is 0.350. The molecule has 0 saturated carbocycles. The van der Waals surface area contributed by atoms with Gasteiger partial charge in [0.1, 0.15) is 21.7 Å². The first-order valence-electron chi connectivity index (χ1n) is 10.7. The van der Waals surface area contributed by atoms with E-state index in [1.165, 1.54) is 16.9 Å². The van der Waals surface area contributed by atoms with Gasteiger partial charge in [0.2, 0.25) is 5.91 Å². The topological polar surface area (TPSA) is 62.1 Å². The highest BCUT2D eigenvalue weighted by atomic mass is 32.2. The maximum Gasteiger partial charge on any atom is 0.248 e. The van der Waals surface area contributed by atoms with E-state index in [0.29, 0.717) is 31.0 Å². The Bertz CT molecular complexity index is 1080. The van der Waals surface area contributed by atoms with E-state index < -0.39 is 0 Å². The molecule has 0 atom stereocenters. The molecule has 0 saturated heterocycles. The lowest BCUT2D eigenvalue weighted by atomic mass is 10.2. The number of benzene rings is 2. The second kappa shape index (κ2) is 12.7. The average Bonchev–Trinajstić information content (AvgIpc) is 3.17. The summed E-state index contributed by atoms with van der Waals surface area (Å²) in [6.45, 7) is 3.70. The van der Waals surface area contributed by atoms with Gasteiger partial charge in [-0.3, -0.25) is 4.79 Å². The molecule has 1 aromatic heterocycles. The standard InChI is InChI=1S/C24H30N2O4S2/c1-4-30-15-14-26-22-19(28-2)12-13-20(29-3)23(22)32-24(26)25-21(27)11-8-16-31-17-18-9-6-5-7-10-18/h5-7,9-10,12-13H,4,8,11,14-17H2,1-3H3. The molecule has 0 aliphatic rings. The molecule has 32 heavy (non-hydrogen) atoms. The van der Waals surface area contributed by atoms with Crippen LogP contribution in [-0.2, 0) is 21.8 Å². The molecule has 3 aromatic rings. The molecular weight excluding hydrogens is 444 g/mol. The number of nitrogens with zero attached hydrogens (tertiary/aromatic N) is 2. The molecule has 0 bridgehead atoms. The van der Waals surface area contributed by atoms with Crippen molar-refractivity contribution in [2.24, 2.45) is 4.99 Å². The number of ether oxygens (including phenoxy) is 3. The lowest BCUT2D eigenvalue weighted by molar-refractivity contribution is -0.118. The minimum absolute atomic E-state index is 0.111. The van der Waals surface area contributed by atoms with Crippen LogP contribution in [0, 0.1) is 0 Å². The van der Waals surface area contributed by atoms with Crippen LogP contribution in [0.4, 0.5) is 0 Å². The van der Waals surface area contributed by atoms with Crippen LogP contribution in [0.2, 0.25) is 0 Å². The average molecular weight is 475 g/mol. The van der Waals surface area contributed by atoms with E-state index >= 15 is 0 Å². The fraction of sp³-hybridized carbons (Fsp3) is 0.417. The number of thioether (sulfide) groups is 1. The van der Waals surface area contributed by atoms with Gasteiger partial charge in [-0.05, 0) is 36.8 Å². The number of amides is 1. The van der Waals surface area contributed by atoms with E-state index in [0.717, 1.165) is 39.6 Å². The van der Waals surface area contributed by atoms with Gasteiger partial charge in [-0.2, -0.15) is 16.8 Å². The van der Waals surface area contributed by atoms with E-state index in [2.05, 4.69) is 17.1 Å². The Morgan fingerprint density at radius 1 is 1.09 bits per heavy atom. The molecule has 0 aliphatic heterocycles. The molecule has 172 valence electrons. The largest absolute Gasteiger partial charge is 0.495 e. The van der Waals surface area contributed by atoms with Crippen molar-refractivity contribution in [1.82, 2.24) is 4.57 Å². The fourth-order valence-corrected chi connectivity index (χ4v) is 5.40. The maximum absolute atomic E-state index is 12.6. The molecule has 0 unspecified atom stereocenters. The molecule has 0 aliphatic carbocycles. The smallest absolute Gasteiger partial charge is 0.248 e. The fourth-order valence-electron chi connectivity index (χ4n) is 3.30. The number of hydrogen-bond acceptors (Lipinski definition) is 6. The zero-order valence-corrected chi connectivity index (χ0v) is 20.5. The summed E-state index contributed by atoms with van der Waals surface area (Å²) in [5, 5.41) is 0. The van der Waals surface area contributed by atoms with Gasteiger partial charge >= 0.3 is 0 Å². The van der Waals surface area contributed by atoms with Crippen molar-refractivity contribution >= 4 is 39.2 Å². The zero-order valence-electron chi connectivity index (χ0n) is 18.8. The summed E-state index contributed by atoms with van der Waals surface area (Å²) in [6.07, 6.45) is 1.23. The van der Waals surface area contributed by atoms with Crippen molar-refractivity contribution in [3.8, 4) is 11.5 Å². The molecule has 0 spiro atoms. The summed E-state index contributed by atoms with van der Waals surface area (Å²) >= 11 is 3.28. The summed E-state index contributed by atoms with van der Waals surface area (Å²) < 4.78 is 19.6. The molecule has 3 rings (SSSR count). The Labute approximate surface area is 197 Å². The number of aromatic nitrogens is 1. The van der Waals surface area contributed by atoms with Crippen LogP contribution in [0.5, 0.6) is 11.5 Å². The highest BCUT2D eigenvalue weighted by Crippen LogP contribution is 2.35. The third-order valence-corrected chi connectivity index (χ3v) is 7.07. The minimum Gasteiger partial charge on any atom is -0.495 e. The molecule has 2 aromatic carbocycles. The number of rotatable bonds is 12. The molecule has 1 heterocycles. The summed E-state index contributed by atoms with van der Waals surface area (Å²) in [5.74, 6) is 3.23. The summed E-state index contributed by atoms with van der Waals surface area (Å²) in [6, 6.07) is 14.1. The second-order valence-corrected chi connectivity index (χ2v) is 9.11. The van der Waals surface area contributed by atoms with E-state index in [9.17, 15) is 4.79 Å². The van der Waals surface area contributed by atoms with Crippen LogP contribution >= 0.6 is 23.1 Å². The molecule has 1 amide bonds. The number of carbonyl (C=O) groups is 1. The first-order valence-corrected chi connectivity index (χ1v) is 12.7. The summed E-state index contributed by atoms with van der Waals surface area (Å²) in [5.41, 5.74) is 2.18. The van der Waals surface area contributed by atoms with Crippen LogP contribution < -0.4 is 14.3 Å². The van der Waals surface area contributed by atoms with Crippen molar-refractivity contribution in [3.63, 3.8) is 0 Å². The van der Waals surface area contributed by atoms with Gasteiger partial charge in [-0.15, -0.1) is 0 Å². The number of methoxy groups -OCH3 is 2. The Hall–Kier alpha value is -2.29. The van der Waals surface area contributed by atoms with Crippen LogP contribution in [-0.4, -0.2) is 43.7 Å². The molecule has 0 radical (unpaired) electrons. The Morgan fingerprint density at radius 2 is 1.84 bits per heavy atom. The monoisotopic (exact) mass is 474 g/mol. The third-order valence-electron chi connectivity index (χ3n) is 4.87. The van der Waals surface area contributed by atoms with Gasteiger partial charge in [0, 0.05) is 25.3 Å². The normalized spacial score (nSPS) is 11.8. The number of thiazole rings is 1. The molecule has 6 nitrogen and oxygen atoms in total. The van der Waals surface area contributed by atoms with Gasteiger partial charge in [-0.25, -0.2) is 0 Å². The Morgan fingerprint density at radius 3 is 2.56 bits per heavy atom. The van der Waals surface area contributed by atoms with Crippen LogP contribution in [0.3, 0.4) is 0 Å². The van der Waals surface area contributed by atoms with E-state index in [1.54, 1.807) is 14.2 Å². The molecule has 0 fully saturated rings. The van der Waals surface area contributed by atoms with Gasteiger partial charge < -0.3 is 18.8 Å². The van der Waals surface area contributed by atoms with Crippen molar-refractivity contribution in [2.45, 2.75) is 32.1 Å². The number of fused-ring (bicyclic) bond motifs is 1. The van der Waals surface area contributed by atoms with Crippen molar-refractivity contribution in [2.75, 3.05) is 33.2 Å². The van der Waals surface area contributed by atoms with Gasteiger partial charge in [0.05, 0.1) is 20.8 Å². The van der Waals surface area contributed by atoms with Gasteiger partial charge in [-0.1, -0.05) is 41.7 Å². The number of hydrogen-bond donors (Lipinski definition) is 0. The van der Waals surface area contributed by atoms with E-state index in [4.69, 9.17) is 14.2 Å². The predicted molar refractivity (Wildman–Crippen MR) is 132 cm³/mol. The lowest BCUT2D eigenvalue weighted by Gasteiger charge is -2.10. The first kappa shape index (κ1) is 24.4. The van der Waals surface area contributed by atoms with E-state index in [1.807, 2.05) is 53.6 Å². The Kier molecular flexibility index (Phi) is 9.64. The number of carbonyl (C=O) groups excluding carboxylic acids is 1. The lowest BCUT2D eigenvalue weighted by Crippen LogP contribution is -2.20. The van der Waals surface area contributed by atoms with Crippen molar-refractivity contribution in [3.05, 3.63) is 52.8 Å². The SMILES string of the molecule is CCOCCn1c(=NC(=O)CCCSCc2ccccc2)sc2c(OC)ccc(OC)c21. The third kappa shape index (κ3) is 6.37. The highest BCUT2D eigenvalue weighted by molar-refractivity contribution is 7.98. The molecule has 0 N–H and O–H groups in total. The molecule has 8 heteroatoms. The van der Waals surface area contributed by atoms with E-state index in [-0.39, 0.29) is 5.91 Å². The van der Waals surface area contributed by atoms with Crippen molar-refractivity contribution in [1.29, 1.82) is 0 Å². The van der Waals surface area contributed by atoms with Crippen LogP contribution in [0.1, 0.15) is 25.3 Å². The minimum atomic E-state index is -0.111. The summed E-state index contributed by atoms with van der Waals surface area (Å²) in [7, 11) is 3.28. The maximum atomic E-state index is 12.6. The highest BCUT2D eigenvalue weighted by Gasteiger charge is 2.16. The predicted octanol–water partition coefficient (Wildman–Crippen LogP) is 4.90. The summed E-state index contributed by atoms with van der Waals surface area (Å²) in [4.78, 5) is 17.7. The van der Waals surface area contributed by atoms with Crippen LogP contribution in [0.25, 0.3) is 10.2 Å². The van der Waals surface area contributed by atoms with Gasteiger partial charge in [0.15, 0.2) is 4.80 Å². The van der Waals surface area contributed by atoms with Gasteiger partial charge in [0.25, 0.3) is 0 Å². The Balaban J connectivity index is 1.74. The van der Waals surface area contributed by atoms with Crippen LogP contribution in [0.15, 0.2) is 47.5 Å².